The van der Waals surface area contributed by atoms with Crippen LogP contribution in [0.1, 0.15) is 35.8 Å². The van der Waals surface area contributed by atoms with Crippen LogP contribution in [0.3, 0.4) is 0 Å². The molecule has 1 aromatic carbocycles. The molecule has 1 unspecified atom stereocenters. The zero-order valence-corrected chi connectivity index (χ0v) is 12.9. The molecule has 110 valence electrons. The van der Waals surface area contributed by atoms with E-state index >= 15 is 0 Å². The van der Waals surface area contributed by atoms with Crippen molar-refractivity contribution in [1.29, 1.82) is 0 Å². The van der Waals surface area contributed by atoms with E-state index in [0.717, 1.165) is 11.3 Å². The van der Waals surface area contributed by atoms with Crippen LogP contribution < -0.4 is 10.1 Å². The van der Waals surface area contributed by atoms with Gasteiger partial charge in [-0.3, -0.25) is 4.79 Å². The second-order valence-corrected chi connectivity index (χ2v) is 5.02. The second kappa shape index (κ2) is 7.04. The molecule has 4 nitrogen and oxygen atoms in total. The molecule has 0 fully saturated rings. The van der Waals surface area contributed by atoms with Gasteiger partial charge in [0.2, 0.25) is 0 Å². The van der Waals surface area contributed by atoms with E-state index in [9.17, 15) is 4.79 Å². The van der Waals surface area contributed by atoms with Crippen LogP contribution in [0, 0.1) is 4.64 Å². The summed E-state index contributed by atoms with van der Waals surface area (Å²) in [5.41, 5.74) is 1.49. The Labute approximate surface area is 129 Å². The van der Waals surface area contributed by atoms with Gasteiger partial charge in [-0.05, 0) is 43.7 Å². The number of hydrogen-bond acceptors (Lipinski definition) is 3. The lowest BCUT2D eigenvalue weighted by Gasteiger charge is -2.15. The Morgan fingerprint density at radius 3 is 2.67 bits per heavy atom. The maximum absolute atomic E-state index is 12.2. The fourth-order valence-electron chi connectivity index (χ4n) is 1.98. The number of carbonyl (C=O) groups is 1. The summed E-state index contributed by atoms with van der Waals surface area (Å²) in [6, 6.07) is 11.0. The Balaban J connectivity index is 2.07. The lowest BCUT2D eigenvalue weighted by atomic mass is 10.1. The molecule has 0 spiro atoms. The van der Waals surface area contributed by atoms with Crippen LogP contribution in [0.25, 0.3) is 0 Å². The van der Waals surface area contributed by atoms with E-state index in [-0.39, 0.29) is 11.9 Å². The van der Waals surface area contributed by atoms with E-state index in [1.54, 1.807) is 18.3 Å². The van der Waals surface area contributed by atoms with Gasteiger partial charge < -0.3 is 15.0 Å². The minimum absolute atomic E-state index is 0.109. The number of carbonyl (C=O) groups excluding carboxylic acids is 1. The van der Waals surface area contributed by atoms with Gasteiger partial charge >= 0.3 is 0 Å². The molecule has 0 bridgehead atoms. The van der Waals surface area contributed by atoms with E-state index < -0.39 is 0 Å². The first-order valence-corrected chi connectivity index (χ1v) is 7.24. The summed E-state index contributed by atoms with van der Waals surface area (Å²) >= 11 is 5.11. The molecule has 0 aliphatic carbocycles. The third kappa shape index (κ3) is 3.92. The van der Waals surface area contributed by atoms with Crippen molar-refractivity contribution in [2.45, 2.75) is 19.9 Å². The van der Waals surface area contributed by atoms with Crippen LogP contribution in [-0.2, 0) is 0 Å². The summed E-state index contributed by atoms with van der Waals surface area (Å²) in [5, 5.41) is 2.94. The molecule has 0 saturated carbocycles. The molecular weight excluding hydrogens is 284 g/mol. The summed E-state index contributed by atoms with van der Waals surface area (Å²) < 4.78 is 5.84. The van der Waals surface area contributed by atoms with Crippen LogP contribution in [0.4, 0.5) is 0 Å². The summed E-state index contributed by atoms with van der Waals surface area (Å²) in [6.45, 7) is 4.51. The number of ether oxygens (including phenoxy) is 1. The molecule has 1 atom stereocenters. The highest BCUT2D eigenvalue weighted by atomic mass is 32.1. The molecule has 1 heterocycles. The highest BCUT2D eigenvalue weighted by molar-refractivity contribution is 7.71. The summed E-state index contributed by atoms with van der Waals surface area (Å²) in [4.78, 5) is 15.0. The molecule has 2 rings (SSSR count). The molecular formula is C16H18N2O2S. The van der Waals surface area contributed by atoms with Crippen molar-refractivity contribution in [2.75, 3.05) is 6.61 Å². The van der Waals surface area contributed by atoms with E-state index in [4.69, 9.17) is 17.0 Å². The largest absolute Gasteiger partial charge is 0.494 e. The third-order valence-electron chi connectivity index (χ3n) is 3.10. The first kappa shape index (κ1) is 15.3. The molecule has 0 aliphatic heterocycles. The number of amides is 1. The molecule has 1 aromatic heterocycles. The molecule has 5 heteroatoms. The lowest BCUT2D eigenvalue weighted by Crippen LogP contribution is -2.27. The van der Waals surface area contributed by atoms with E-state index in [0.29, 0.717) is 16.8 Å². The van der Waals surface area contributed by atoms with Crippen LogP contribution in [0.15, 0.2) is 42.6 Å². The Kier molecular flexibility index (Phi) is 5.11. The van der Waals surface area contributed by atoms with Crippen molar-refractivity contribution < 1.29 is 9.53 Å². The van der Waals surface area contributed by atoms with Crippen LogP contribution in [-0.4, -0.2) is 17.5 Å². The van der Waals surface area contributed by atoms with Crippen LogP contribution >= 0.6 is 12.2 Å². The van der Waals surface area contributed by atoms with E-state index in [1.165, 1.54) is 0 Å². The van der Waals surface area contributed by atoms with Crippen molar-refractivity contribution in [1.82, 2.24) is 10.3 Å². The summed E-state index contributed by atoms with van der Waals surface area (Å²) in [6.07, 6.45) is 1.70. The third-order valence-corrected chi connectivity index (χ3v) is 3.44. The van der Waals surface area contributed by atoms with Gasteiger partial charge in [0.25, 0.3) is 5.91 Å². The summed E-state index contributed by atoms with van der Waals surface area (Å²) in [7, 11) is 0. The second-order valence-electron chi connectivity index (χ2n) is 4.61. The van der Waals surface area contributed by atoms with Crippen LogP contribution in [0.2, 0.25) is 0 Å². The van der Waals surface area contributed by atoms with Crippen molar-refractivity contribution in [3.63, 3.8) is 0 Å². The zero-order valence-electron chi connectivity index (χ0n) is 12.1. The topological polar surface area (TPSA) is 54.1 Å². The Morgan fingerprint density at radius 1 is 1.33 bits per heavy atom. The predicted molar refractivity (Wildman–Crippen MR) is 85.1 cm³/mol. The van der Waals surface area contributed by atoms with Gasteiger partial charge in [-0.15, -0.1) is 0 Å². The van der Waals surface area contributed by atoms with E-state index in [2.05, 4.69) is 10.3 Å². The van der Waals surface area contributed by atoms with Gasteiger partial charge in [0, 0.05) is 6.20 Å². The molecule has 21 heavy (non-hydrogen) atoms. The van der Waals surface area contributed by atoms with Crippen molar-refractivity contribution in [2.24, 2.45) is 0 Å². The smallest absolute Gasteiger partial charge is 0.254 e. The minimum atomic E-state index is -0.182. The van der Waals surface area contributed by atoms with Gasteiger partial charge in [-0.1, -0.05) is 24.4 Å². The average molecular weight is 302 g/mol. The average Bonchev–Trinajstić information content (AvgIpc) is 2.48. The molecule has 0 aliphatic rings. The quantitative estimate of drug-likeness (QED) is 0.829. The molecule has 0 radical (unpaired) electrons. The first-order chi connectivity index (χ1) is 10.1. The molecule has 2 N–H and O–H groups in total. The van der Waals surface area contributed by atoms with Gasteiger partial charge in [0.15, 0.2) is 0 Å². The summed E-state index contributed by atoms with van der Waals surface area (Å²) in [5.74, 6) is 0.642. The molecule has 1 amide bonds. The van der Waals surface area contributed by atoms with Gasteiger partial charge in [-0.2, -0.15) is 0 Å². The Morgan fingerprint density at radius 2 is 2.05 bits per heavy atom. The van der Waals surface area contributed by atoms with Crippen molar-refractivity contribution in [3.8, 4) is 5.75 Å². The number of benzene rings is 1. The Hall–Kier alpha value is -2.14. The monoisotopic (exact) mass is 302 g/mol. The SMILES string of the molecule is CCOc1ccc(C(C)NC(=O)c2ccc[nH]c2=S)cc1. The van der Waals surface area contributed by atoms with Crippen LogP contribution in [0.5, 0.6) is 5.75 Å². The standard InChI is InChI=1S/C16H18N2O2S/c1-3-20-13-8-6-12(7-9-13)11(2)18-15(19)14-5-4-10-17-16(14)21/h4-11H,3H2,1-2H3,(H,17,21)(H,18,19). The number of rotatable bonds is 5. The highest BCUT2D eigenvalue weighted by Gasteiger charge is 2.12. The van der Waals surface area contributed by atoms with E-state index in [1.807, 2.05) is 38.1 Å². The number of aromatic amines is 1. The van der Waals surface area contributed by atoms with Gasteiger partial charge in [0.1, 0.15) is 10.4 Å². The number of pyridine rings is 1. The zero-order chi connectivity index (χ0) is 15.2. The fourth-order valence-corrected chi connectivity index (χ4v) is 2.21. The van der Waals surface area contributed by atoms with Crippen molar-refractivity contribution in [3.05, 3.63) is 58.4 Å². The van der Waals surface area contributed by atoms with Gasteiger partial charge in [0.05, 0.1) is 18.2 Å². The fraction of sp³-hybridized carbons (Fsp3) is 0.250. The number of aromatic nitrogens is 1. The normalized spacial score (nSPS) is 11.7. The van der Waals surface area contributed by atoms with Gasteiger partial charge in [-0.25, -0.2) is 0 Å². The minimum Gasteiger partial charge on any atom is -0.494 e. The first-order valence-electron chi connectivity index (χ1n) is 6.83. The molecule has 0 saturated heterocycles. The highest BCUT2D eigenvalue weighted by Crippen LogP contribution is 2.18. The Bertz CT molecular complexity index is 664. The molecule has 2 aromatic rings. The maximum atomic E-state index is 12.2. The number of nitrogens with one attached hydrogen (secondary N) is 2. The predicted octanol–water partition coefficient (Wildman–Crippen LogP) is 3.63. The number of hydrogen-bond donors (Lipinski definition) is 2. The number of H-pyrrole nitrogens is 1. The maximum Gasteiger partial charge on any atom is 0.254 e. The lowest BCUT2D eigenvalue weighted by molar-refractivity contribution is 0.0939. The van der Waals surface area contributed by atoms with Crippen molar-refractivity contribution >= 4 is 18.1 Å².